The fourth-order valence-corrected chi connectivity index (χ4v) is 1.19. The minimum atomic E-state index is -0.373. The van der Waals surface area contributed by atoms with Crippen molar-refractivity contribution in [3.05, 3.63) is 29.6 Å². The lowest BCUT2D eigenvalue weighted by Crippen LogP contribution is -2.05. The molecule has 0 fully saturated rings. The molecular formula is C8H5NO2. The third kappa shape index (κ3) is 0.774. The second-order valence-electron chi connectivity index (χ2n) is 2.46. The minimum absolute atomic E-state index is 0.224. The summed E-state index contributed by atoms with van der Waals surface area (Å²) >= 11 is 0. The molecule has 0 atom stereocenters. The van der Waals surface area contributed by atoms with E-state index in [1.807, 2.05) is 0 Å². The molecule has 1 aliphatic rings. The van der Waals surface area contributed by atoms with Crippen LogP contribution < -0.4 is 0 Å². The zero-order valence-corrected chi connectivity index (χ0v) is 5.70. The van der Waals surface area contributed by atoms with Gasteiger partial charge in [0.2, 0.25) is 11.6 Å². The maximum Gasteiger partial charge on any atom is 0.229 e. The quantitative estimate of drug-likeness (QED) is 0.499. The molecule has 0 aliphatic heterocycles. The number of Topliss-reactive ketones (excluding diaryl/α,β-unsaturated/α-hetero) is 2. The lowest BCUT2D eigenvalue weighted by Gasteiger charge is -1.90. The maximum absolute atomic E-state index is 11.0. The predicted octanol–water partition coefficient (Wildman–Crippen LogP) is 0.390. The third-order valence-corrected chi connectivity index (χ3v) is 1.75. The Labute approximate surface area is 63.1 Å². The summed E-state index contributed by atoms with van der Waals surface area (Å²) in [6.07, 6.45) is 3.31. The maximum atomic E-state index is 11.0. The van der Waals surface area contributed by atoms with Gasteiger partial charge < -0.3 is 0 Å². The second kappa shape index (κ2) is 1.99. The topological polar surface area (TPSA) is 47.0 Å². The first-order valence-electron chi connectivity index (χ1n) is 3.29. The van der Waals surface area contributed by atoms with E-state index in [4.69, 9.17) is 0 Å². The van der Waals surface area contributed by atoms with Crippen LogP contribution in [0, 0.1) is 0 Å². The van der Waals surface area contributed by atoms with Crippen molar-refractivity contribution >= 4 is 11.6 Å². The fourth-order valence-electron chi connectivity index (χ4n) is 1.19. The van der Waals surface area contributed by atoms with Crippen LogP contribution in [0.15, 0.2) is 18.5 Å². The largest absolute Gasteiger partial charge is 0.290 e. The van der Waals surface area contributed by atoms with Crippen molar-refractivity contribution in [3.8, 4) is 0 Å². The highest BCUT2D eigenvalue weighted by Gasteiger charge is 2.27. The predicted molar refractivity (Wildman–Crippen MR) is 37.3 cm³/mol. The van der Waals surface area contributed by atoms with Gasteiger partial charge in [-0.3, -0.25) is 14.6 Å². The molecule has 1 aromatic rings. The van der Waals surface area contributed by atoms with E-state index in [-0.39, 0.29) is 18.0 Å². The molecule has 1 aromatic heterocycles. The third-order valence-electron chi connectivity index (χ3n) is 1.75. The van der Waals surface area contributed by atoms with Crippen molar-refractivity contribution in [1.82, 2.24) is 4.98 Å². The number of ketones is 2. The standard InChI is InChI=1S/C8H5NO2/c10-7-3-5-4-9-2-1-6(5)8(7)11/h1-2,4H,3H2. The van der Waals surface area contributed by atoms with Gasteiger partial charge >= 0.3 is 0 Å². The van der Waals surface area contributed by atoms with Crippen LogP contribution in [0.5, 0.6) is 0 Å². The van der Waals surface area contributed by atoms with Crippen molar-refractivity contribution in [3.63, 3.8) is 0 Å². The minimum Gasteiger partial charge on any atom is -0.290 e. The van der Waals surface area contributed by atoms with Crippen LogP contribution in [0.1, 0.15) is 15.9 Å². The molecule has 1 heterocycles. The van der Waals surface area contributed by atoms with E-state index in [0.29, 0.717) is 5.56 Å². The highest BCUT2D eigenvalue weighted by atomic mass is 16.2. The van der Waals surface area contributed by atoms with Gasteiger partial charge in [0.15, 0.2) is 0 Å². The summed E-state index contributed by atoms with van der Waals surface area (Å²) in [5.74, 6) is -0.699. The van der Waals surface area contributed by atoms with E-state index >= 15 is 0 Å². The molecule has 3 heteroatoms. The Morgan fingerprint density at radius 2 is 2.18 bits per heavy atom. The summed E-state index contributed by atoms with van der Waals surface area (Å²) in [4.78, 5) is 25.7. The Morgan fingerprint density at radius 3 is 2.91 bits per heavy atom. The van der Waals surface area contributed by atoms with Gasteiger partial charge in [0, 0.05) is 24.4 Å². The van der Waals surface area contributed by atoms with Crippen LogP contribution in [0.2, 0.25) is 0 Å². The van der Waals surface area contributed by atoms with Gasteiger partial charge in [-0.25, -0.2) is 0 Å². The van der Waals surface area contributed by atoms with Crippen LogP contribution in [-0.4, -0.2) is 16.6 Å². The molecule has 11 heavy (non-hydrogen) atoms. The number of fused-ring (bicyclic) bond motifs is 1. The van der Waals surface area contributed by atoms with Gasteiger partial charge in [-0.1, -0.05) is 0 Å². The molecule has 0 radical (unpaired) electrons. The molecule has 0 N–H and O–H groups in total. The van der Waals surface area contributed by atoms with Crippen molar-refractivity contribution in [2.24, 2.45) is 0 Å². The lowest BCUT2D eigenvalue weighted by molar-refractivity contribution is -0.114. The number of rotatable bonds is 0. The smallest absolute Gasteiger partial charge is 0.229 e. The lowest BCUT2D eigenvalue weighted by atomic mass is 10.2. The Bertz CT molecular complexity index is 344. The van der Waals surface area contributed by atoms with Crippen molar-refractivity contribution in [1.29, 1.82) is 0 Å². The van der Waals surface area contributed by atoms with E-state index in [0.717, 1.165) is 5.56 Å². The molecule has 0 amide bonds. The van der Waals surface area contributed by atoms with Gasteiger partial charge in [0.05, 0.1) is 0 Å². The van der Waals surface area contributed by atoms with Crippen LogP contribution in [0.4, 0.5) is 0 Å². The molecule has 0 saturated heterocycles. The van der Waals surface area contributed by atoms with Crippen molar-refractivity contribution in [2.45, 2.75) is 6.42 Å². The van der Waals surface area contributed by atoms with Crippen LogP contribution in [-0.2, 0) is 11.2 Å². The first-order valence-corrected chi connectivity index (χ1v) is 3.29. The van der Waals surface area contributed by atoms with Crippen molar-refractivity contribution in [2.75, 3.05) is 0 Å². The molecule has 2 rings (SSSR count). The summed E-state index contributed by atoms with van der Waals surface area (Å²) in [5, 5.41) is 0. The van der Waals surface area contributed by atoms with Gasteiger partial charge in [-0.2, -0.15) is 0 Å². The van der Waals surface area contributed by atoms with Crippen molar-refractivity contribution < 1.29 is 9.59 Å². The van der Waals surface area contributed by atoms with E-state index in [2.05, 4.69) is 4.98 Å². The normalized spacial score (nSPS) is 15.3. The highest BCUT2D eigenvalue weighted by molar-refractivity contribution is 6.47. The van der Waals surface area contributed by atoms with Crippen LogP contribution >= 0.6 is 0 Å². The van der Waals surface area contributed by atoms with E-state index in [9.17, 15) is 9.59 Å². The average molecular weight is 147 g/mol. The van der Waals surface area contributed by atoms with Gasteiger partial charge in [-0.15, -0.1) is 0 Å². The van der Waals surface area contributed by atoms with E-state index < -0.39 is 0 Å². The second-order valence-corrected chi connectivity index (χ2v) is 2.46. The molecule has 0 saturated carbocycles. The molecule has 1 aliphatic carbocycles. The number of carbonyl (C=O) groups is 2. The molecule has 0 unspecified atom stereocenters. The molecular weight excluding hydrogens is 142 g/mol. The Balaban J connectivity index is 2.64. The summed E-state index contributed by atoms with van der Waals surface area (Å²) < 4.78 is 0. The van der Waals surface area contributed by atoms with Gasteiger partial charge in [0.1, 0.15) is 0 Å². The zero-order chi connectivity index (χ0) is 7.84. The Kier molecular flexibility index (Phi) is 1.12. The van der Waals surface area contributed by atoms with E-state index in [1.165, 1.54) is 6.20 Å². The molecule has 0 bridgehead atoms. The number of nitrogens with zero attached hydrogens (tertiary/aromatic N) is 1. The molecule has 0 spiro atoms. The van der Waals surface area contributed by atoms with Crippen LogP contribution in [0.25, 0.3) is 0 Å². The highest BCUT2D eigenvalue weighted by Crippen LogP contribution is 2.16. The summed E-state index contributed by atoms with van der Waals surface area (Å²) in [5.41, 5.74) is 1.27. The number of hydrogen-bond donors (Lipinski definition) is 0. The molecule has 3 nitrogen and oxygen atoms in total. The van der Waals surface area contributed by atoms with Gasteiger partial charge in [0.25, 0.3) is 0 Å². The Morgan fingerprint density at radius 1 is 1.36 bits per heavy atom. The summed E-state index contributed by atoms with van der Waals surface area (Å²) in [6.45, 7) is 0. The summed E-state index contributed by atoms with van der Waals surface area (Å²) in [6, 6.07) is 1.59. The number of aromatic nitrogens is 1. The van der Waals surface area contributed by atoms with Gasteiger partial charge in [-0.05, 0) is 11.6 Å². The number of hydrogen-bond acceptors (Lipinski definition) is 3. The average Bonchev–Trinajstić information content (AvgIpc) is 2.30. The molecule has 54 valence electrons. The molecule has 0 aromatic carbocycles. The summed E-state index contributed by atoms with van der Waals surface area (Å²) in [7, 11) is 0. The first-order chi connectivity index (χ1) is 5.29. The Hall–Kier alpha value is -1.51. The van der Waals surface area contributed by atoms with Crippen LogP contribution in [0.3, 0.4) is 0 Å². The monoisotopic (exact) mass is 147 g/mol. The van der Waals surface area contributed by atoms with E-state index in [1.54, 1.807) is 12.3 Å². The SMILES string of the molecule is O=C1Cc2cnccc2C1=O. The fraction of sp³-hybridized carbons (Fsp3) is 0.125. The first kappa shape index (κ1) is 6.22. The zero-order valence-electron chi connectivity index (χ0n) is 5.70. The number of carbonyl (C=O) groups excluding carboxylic acids is 2. The number of pyridine rings is 1.